The van der Waals surface area contributed by atoms with E-state index in [0.717, 1.165) is 44.0 Å². The van der Waals surface area contributed by atoms with Crippen LogP contribution in [-0.2, 0) is 11.2 Å². The van der Waals surface area contributed by atoms with Crippen molar-refractivity contribution >= 4 is 5.91 Å². The lowest BCUT2D eigenvalue weighted by Gasteiger charge is -2.40. The van der Waals surface area contributed by atoms with Crippen molar-refractivity contribution in [3.05, 3.63) is 35.1 Å². The summed E-state index contributed by atoms with van der Waals surface area (Å²) in [4.78, 5) is 17.0. The van der Waals surface area contributed by atoms with Gasteiger partial charge in [0.2, 0.25) is 5.91 Å². The molecule has 0 radical (unpaired) electrons. The van der Waals surface area contributed by atoms with Gasteiger partial charge in [-0.25, -0.2) is 13.2 Å². The van der Waals surface area contributed by atoms with Crippen LogP contribution in [0.15, 0.2) is 12.1 Å². The first-order valence-corrected chi connectivity index (χ1v) is 9.65. The first-order valence-electron chi connectivity index (χ1n) is 9.65. The second-order valence-corrected chi connectivity index (χ2v) is 8.15. The van der Waals surface area contributed by atoms with Crippen LogP contribution >= 0.6 is 0 Å². The topological polar surface area (TPSA) is 23.6 Å². The van der Waals surface area contributed by atoms with E-state index in [0.29, 0.717) is 25.0 Å². The minimum atomic E-state index is -1.25. The van der Waals surface area contributed by atoms with Crippen LogP contribution in [0.5, 0.6) is 0 Å². The zero-order valence-corrected chi connectivity index (χ0v) is 14.9. The molecule has 6 heteroatoms. The number of halogens is 3. The zero-order chi connectivity index (χ0) is 18.3. The Morgan fingerprint density at radius 3 is 2.50 bits per heavy atom. The summed E-state index contributed by atoms with van der Waals surface area (Å²) < 4.78 is 41.2. The summed E-state index contributed by atoms with van der Waals surface area (Å²) in [7, 11) is 0. The van der Waals surface area contributed by atoms with Crippen molar-refractivity contribution in [2.75, 3.05) is 26.2 Å². The molecule has 5 rings (SSSR count). The van der Waals surface area contributed by atoms with Crippen LogP contribution in [0.1, 0.15) is 37.7 Å². The van der Waals surface area contributed by atoms with Gasteiger partial charge in [-0.1, -0.05) is 6.42 Å². The molecule has 0 N–H and O–H groups in total. The smallest absolute Gasteiger partial charge is 0.227 e. The molecule has 4 fully saturated rings. The van der Waals surface area contributed by atoms with E-state index in [-0.39, 0.29) is 5.91 Å². The van der Waals surface area contributed by atoms with Gasteiger partial charge in [0.05, 0.1) is 6.42 Å². The van der Waals surface area contributed by atoms with Crippen molar-refractivity contribution in [1.29, 1.82) is 0 Å². The number of piperidine rings is 1. The predicted octanol–water partition coefficient (Wildman–Crippen LogP) is 3.37. The largest absolute Gasteiger partial charge is 0.341 e. The molecule has 3 nitrogen and oxygen atoms in total. The molecule has 0 spiro atoms. The molecule has 2 bridgehead atoms. The fourth-order valence-corrected chi connectivity index (χ4v) is 4.61. The van der Waals surface area contributed by atoms with Gasteiger partial charge in [0.1, 0.15) is 5.82 Å². The molecule has 0 aromatic heterocycles. The normalized spacial score (nSPS) is 26.7. The van der Waals surface area contributed by atoms with Crippen molar-refractivity contribution in [1.82, 2.24) is 9.80 Å². The molecular weight excluding hydrogens is 341 g/mol. The monoisotopic (exact) mass is 366 g/mol. The van der Waals surface area contributed by atoms with E-state index in [1.165, 1.54) is 19.3 Å². The molecular formula is C20H25F3N2O. The van der Waals surface area contributed by atoms with Crippen LogP contribution in [0, 0.1) is 29.3 Å². The zero-order valence-electron chi connectivity index (χ0n) is 14.9. The quantitative estimate of drug-likeness (QED) is 0.763. The molecule has 3 saturated heterocycles. The lowest BCUT2D eigenvalue weighted by molar-refractivity contribution is -0.131. The highest BCUT2D eigenvalue weighted by Crippen LogP contribution is 2.33. The number of hydrogen-bond donors (Lipinski definition) is 0. The van der Waals surface area contributed by atoms with Gasteiger partial charge < -0.3 is 4.90 Å². The summed E-state index contributed by atoms with van der Waals surface area (Å²) in [5, 5.41) is 0. The van der Waals surface area contributed by atoms with E-state index in [2.05, 4.69) is 4.90 Å². The number of fused-ring (bicyclic) bond motifs is 4. The summed E-state index contributed by atoms with van der Waals surface area (Å²) >= 11 is 0. The summed E-state index contributed by atoms with van der Waals surface area (Å²) in [5.41, 5.74) is -0.460. The van der Waals surface area contributed by atoms with Crippen molar-refractivity contribution in [2.24, 2.45) is 11.8 Å². The van der Waals surface area contributed by atoms with E-state index in [1.54, 1.807) is 4.90 Å². The highest BCUT2D eigenvalue weighted by Gasteiger charge is 2.38. The Hall–Kier alpha value is -1.56. The average molecular weight is 366 g/mol. The number of benzene rings is 1. The van der Waals surface area contributed by atoms with E-state index >= 15 is 0 Å². The maximum absolute atomic E-state index is 13.9. The van der Waals surface area contributed by atoms with Crippen molar-refractivity contribution in [2.45, 2.75) is 44.6 Å². The Bertz CT molecular complexity index is 692. The summed E-state index contributed by atoms with van der Waals surface area (Å²) in [6.45, 7) is 3.36. The number of carbonyl (C=O) groups excluding carboxylic acids is 1. The molecule has 1 saturated carbocycles. The first kappa shape index (κ1) is 17.8. The summed E-state index contributed by atoms with van der Waals surface area (Å²) in [5.74, 6) is -2.33. The van der Waals surface area contributed by atoms with Crippen LogP contribution in [0.2, 0.25) is 0 Å². The van der Waals surface area contributed by atoms with Crippen LogP contribution < -0.4 is 0 Å². The maximum Gasteiger partial charge on any atom is 0.227 e. The molecule has 2 atom stereocenters. The van der Waals surface area contributed by atoms with Crippen molar-refractivity contribution in [3.8, 4) is 0 Å². The minimum Gasteiger partial charge on any atom is -0.341 e. The minimum absolute atomic E-state index is 0.309. The fraction of sp³-hybridized carbons (Fsp3) is 0.650. The number of hydrogen-bond acceptors (Lipinski definition) is 2. The van der Waals surface area contributed by atoms with E-state index in [4.69, 9.17) is 0 Å². The third kappa shape index (κ3) is 3.48. The second-order valence-electron chi connectivity index (χ2n) is 8.15. The lowest BCUT2D eigenvalue weighted by Crippen LogP contribution is -2.47. The van der Waals surface area contributed by atoms with E-state index in [9.17, 15) is 18.0 Å². The first-order chi connectivity index (χ1) is 12.5. The van der Waals surface area contributed by atoms with Gasteiger partial charge in [-0.15, -0.1) is 0 Å². The molecule has 3 heterocycles. The third-order valence-corrected chi connectivity index (χ3v) is 6.36. The van der Waals surface area contributed by atoms with Crippen LogP contribution in [0.4, 0.5) is 13.2 Å². The molecule has 3 aliphatic heterocycles. The van der Waals surface area contributed by atoms with Gasteiger partial charge in [0.25, 0.3) is 0 Å². The van der Waals surface area contributed by atoms with Gasteiger partial charge in [-0.05, 0) is 49.7 Å². The van der Waals surface area contributed by atoms with Crippen LogP contribution in [0.25, 0.3) is 0 Å². The van der Waals surface area contributed by atoms with Gasteiger partial charge in [0, 0.05) is 37.8 Å². The fourth-order valence-electron chi connectivity index (χ4n) is 4.61. The van der Waals surface area contributed by atoms with Gasteiger partial charge in [-0.2, -0.15) is 0 Å². The molecule has 4 aliphatic rings. The van der Waals surface area contributed by atoms with Crippen LogP contribution in [-0.4, -0.2) is 47.9 Å². The molecule has 1 aromatic carbocycles. The Morgan fingerprint density at radius 1 is 1.00 bits per heavy atom. The van der Waals surface area contributed by atoms with E-state index < -0.39 is 29.4 Å². The Balaban J connectivity index is 1.45. The lowest BCUT2D eigenvalue weighted by atomic mass is 9.83. The molecule has 0 unspecified atom stereocenters. The maximum atomic E-state index is 13.9. The Morgan fingerprint density at radius 2 is 1.77 bits per heavy atom. The van der Waals surface area contributed by atoms with Gasteiger partial charge >= 0.3 is 0 Å². The van der Waals surface area contributed by atoms with Crippen LogP contribution in [0.3, 0.4) is 0 Å². The Kier molecular flexibility index (Phi) is 4.95. The molecule has 1 aliphatic carbocycles. The summed E-state index contributed by atoms with van der Waals surface area (Å²) in [6, 6.07) is 1.97. The van der Waals surface area contributed by atoms with Gasteiger partial charge in [-0.3, -0.25) is 9.69 Å². The van der Waals surface area contributed by atoms with Gasteiger partial charge in [0.15, 0.2) is 11.6 Å². The van der Waals surface area contributed by atoms with E-state index in [1.807, 2.05) is 0 Å². The average Bonchev–Trinajstić information content (AvgIpc) is 2.90. The Labute approximate surface area is 152 Å². The molecule has 142 valence electrons. The van der Waals surface area contributed by atoms with Crippen molar-refractivity contribution < 1.29 is 18.0 Å². The molecule has 1 aromatic rings. The number of amides is 1. The highest BCUT2D eigenvalue weighted by molar-refractivity contribution is 5.79. The van der Waals surface area contributed by atoms with Crippen molar-refractivity contribution in [3.63, 3.8) is 0 Å². The third-order valence-electron chi connectivity index (χ3n) is 6.36. The number of rotatable bonds is 4. The standard InChI is InChI=1S/C20H25F3N2O/c21-17-6-7-18(22)20(23)16(17)8-19(26)25-11-14-4-5-15(12-25)24(10-14)9-13-2-1-3-13/h6-7,13-15H,1-5,8-12H2/t14-,15-/m1/s1. The second kappa shape index (κ2) is 7.22. The molecule has 1 amide bonds. The number of carbonyl (C=O) groups is 1. The highest BCUT2D eigenvalue weighted by atomic mass is 19.2. The molecule has 26 heavy (non-hydrogen) atoms. The number of nitrogens with zero attached hydrogens (tertiary/aromatic N) is 2. The summed E-state index contributed by atoms with van der Waals surface area (Å²) in [6.07, 6.45) is 5.67. The SMILES string of the molecule is O=C(Cc1c(F)ccc(F)c1F)N1C[C@@H]2CC[C@H](C1)N(CC1CCC1)C2. The predicted molar refractivity (Wildman–Crippen MR) is 92.0 cm³/mol.